The number of imide groups is 1. The Morgan fingerprint density at radius 2 is 1.85 bits per heavy atom. The van der Waals surface area contributed by atoms with Crippen molar-refractivity contribution in [1.29, 1.82) is 0 Å². The van der Waals surface area contributed by atoms with E-state index >= 15 is 0 Å². The molecule has 0 radical (unpaired) electrons. The van der Waals surface area contributed by atoms with Crippen molar-refractivity contribution in [2.24, 2.45) is 0 Å². The zero-order valence-electron chi connectivity index (χ0n) is 14.8. The van der Waals surface area contributed by atoms with E-state index in [-0.39, 0.29) is 5.91 Å². The zero-order chi connectivity index (χ0) is 19.2. The van der Waals surface area contributed by atoms with E-state index in [0.29, 0.717) is 23.2 Å². The number of benzene rings is 2. The second-order valence-electron chi connectivity index (χ2n) is 6.66. The molecule has 1 aromatic heterocycles. The third-order valence-corrected chi connectivity index (χ3v) is 4.87. The minimum atomic E-state index is -1.06. The molecule has 4 rings (SSSR count). The summed E-state index contributed by atoms with van der Waals surface area (Å²) in [6.07, 6.45) is 0. The summed E-state index contributed by atoms with van der Waals surface area (Å²) in [5, 5.41) is 5.98. The maximum atomic E-state index is 12.3. The molecule has 0 saturated carbocycles. The van der Waals surface area contributed by atoms with Crippen LogP contribution in [0.4, 0.5) is 10.5 Å². The van der Waals surface area contributed by atoms with Crippen LogP contribution in [0.2, 0.25) is 0 Å². The molecule has 2 aromatic carbocycles. The standard InChI is InChI=1S/C19H18N4O4/c1-19(16(24)23(2)17(25)22-19)12-6-8-13(9-7-12)20-10-11-4-3-5-14-15(11)27-18(26)21-14/h3-9,20H,10H2,1-2H3,(H,21,26)(H,22,25). The summed E-state index contributed by atoms with van der Waals surface area (Å²) in [4.78, 5) is 39.2. The van der Waals surface area contributed by atoms with Crippen LogP contribution in [0.1, 0.15) is 18.1 Å². The van der Waals surface area contributed by atoms with Gasteiger partial charge in [-0.25, -0.2) is 9.59 Å². The summed E-state index contributed by atoms with van der Waals surface area (Å²) >= 11 is 0. The minimum absolute atomic E-state index is 0.289. The third kappa shape index (κ3) is 2.75. The third-order valence-electron chi connectivity index (χ3n) is 4.87. The van der Waals surface area contributed by atoms with Crippen LogP contribution < -0.4 is 16.4 Å². The Kier molecular flexibility index (Phi) is 3.76. The summed E-state index contributed by atoms with van der Waals surface area (Å²) in [6, 6.07) is 12.4. The van der Waals surface area contributed by atoms with Gasteiger partial charge in [-0.05, 0) is 30.7 Å². The summed E-state index contributed by atoms with van der Waals surface area (Å²) in [7, 11) is 1.46. The quantitative estimate of drug-likeness (QED) is 0.613. The first-order chi connectivity index (χ1) is 12.9. The van der Waals surface area contributed by atoms with Gasteiger partial charge in [0.15, 0.2) is 5.58 Å². The van der Waals surface area contributed by atoms with Crippen LogP contribution in [0.3, 0.4) is 0 Å². The molecule has 1 fully saturated rings. The highest BCUT2D eigenvalue weighted by Crippen LogP contribution is 2.29. The van der Waals surface area contributed by atoms with Crippen LogP contribution in [0.5, 0.6) is 0 Å². The number of aromatic amines is 1. The van der Waals surface area contributed by atoms with Crippen LogP contribution in [-0.4, -0.2) is 28.9 Å². The van der Waals surface area contributed by atoms with Gasteiger partial charge in [-0.1, -0.05) is 24.3 Å². The number of hydrogen-bond acceptors (Lipinski definition) is 5. The SMILES string of the molecule is CN1C(=O)NC(C)(c2ccc(NCc3cccc4[nH]c(=O)oc34)cc2)C1=O. The smallest absolute Gasteiger partial charge is 0.407 e. The van der Waals surface area contributed by atoms with Crippen LogP contribution >= 0.6 is 0 Å². The number of anilines is 1. The molecule has 1 saturated heterocycles. The predicted octanol–water partition coefficient (Wildman–Crippen LogP) is 2.13. The molecule has 3 N–H and O–H groups in total. The number of fused-ring (bicyclic) bond motifs is 1. The lowest BCUT2D eigenvalue weighted by atomic mass is 9.92. The molecule has 1 aliphatic heterocycles. The van der Waals surface area contributed by atoms with Gasteiger partial charge in [0.25, 0.3) is 5.91 Å². The van der Waals surface area contributed by atoms with Crippen molar-refractivity contribution in [2.45, 2.75) is 19.0 Å². The Bertz CT molecular complexity index is 1100. The molecular formula is C19H18N4O4. The van der Waals surface area contributed by atoms with Crippen molar-refractivity contribution >= 4 is 28.7 Å². The molecular weight excluding hydrogens is 348 g/mol. The Morgan fingerprint density at radius 3 is 2.52 bits per heavy atom. The first-order valence-corrected chi connectivity index (χ1v) is 8.44. The molecule has 1 unspecified atom stereocenters. The fourth-order valence-corrected chi connectivity index (χ4v) is 3.26. The molecule has 8 nitrogen and oxygen atoms in total. The normalized spacial score (nSPS) is 19.6. The maximum Gasteiger partial charge on any atom is 0.417 e. The topological polar surface area (TPSA) is 107 Å². The van der Waals surface area contributed by atoms with Gasteiger partial charge in [0.2, 0.25) is 0 Å². The number of carbonyl (C=O) groups is 2. The van der Waals surface area contributed by atoms with Crippen molar-refractivity contribution in [1.82, 2.24) is 15.2 Å². The highest BCUT2D eigenvalue weighted by molar-refractivity contribution is 6.06. The average molecular weight is 366 g/mol. The molecule has 8 heteroatoms. The Balaban J connectivity index is 1.52. The van der Waals surface area contributed by atoms with Gasteiger partial charge in [0.05, 0.1) is 5.52 Å². The molecule has 1 atom stereocenters. The van der Waals surface area contributed by atoms with Gasteiger partial charge < -0.3 is 15.1 Å². The second-order valence-corrected chi connectivity index (χ2v) is 6.66. The van der Waals surface area contributed by atoms with E-state index in [1.165, 1.54) is 7.05 Å². The van der Waals surface area contributed by atoms with Gasteiger partial charge in [0, 0.05) is 24.8 Å². The van der Waals surface area contributed by atoms with Gasteiger partial charge in [0.1, 0.15) is 5.54 Å². The van der Waals surface area contributed by atoms with Crippen molar-refractivity contribution in [2.75, 3.05) is 12.4 Å². The molecule has 1 aliphatic rings. The highest BCUT2D eigenvalue weighted by atomic mass is 16.4. The van der Waals surface area contributed by atoms with Crippen molar-refractivity contribution in [3.05, 3.63) is 64.1 Å². The minimum Gasteiger partial charge on any atom is -0.407 e. The van der Waals surface area contributed by atoms with Crippen molar-refractivity contribution in [3.8, 4) is 0 Å². The van der Waals surface area contributed by atoms with E-state index in [4.69, 9.17) is 4.42 Å². The molecule has 0 spiro atoms. The Labute approximate surface area is 154 Å². The van der Waals surface area contributed by atoms with E-state index in [0.717, 1.165) is 16.2 Å². The molecule has 27 heavy (non-hydrogen) atoms. The van der Waals surface area contributed by atoms with Gasteiger partial charge in [-0.15, -0.1) is 0 Å². The van der Waals surface area contributed by atoms with E-state index < -0.39 is 17.3 Å². The number of nitrogens with zero attached hydrogens (tertiary/aromatic N) is 1. The lowest BCUT2D eigenvalue weighted by molar-refractivity contribution is -0.130. The van der Waals surface area contributed by atoms with E-state index in [1.54, 1.807) is 25.1 Å². The maximum absolute atomic E-state index is 12.3. The lowest BCUT2D eigenvalue weighted by Gasteiger charge is -2.22. The van der Waals surface area contributed by atoms with Crippen molar-refractivity contribution < 1.29 is 14.0 Å². The second kappa shape index (κ2) is 6.01. The first kappa shape index (κ1) is 16.9. The number of H-pyrrole nitrogens is 1. The zero-order valence-corrected chi connectivity index (χ0v) is 14.8. The number of hydrogen-bond donors (Lipinski definition) is 3. The van der Waals surface area contributed by atoms with Crippen molar-refractivity contribution in [3.63, 3.8) is 0 Å². The van der Waals surface area contributed by atoms with E-state index in [2.05, 4.69) is 15.6 Å². The van der Waals surface area contributed by atoms with Crippen LogP contribution in [0.15, 0.2) is 51.7 Å². The average Bonchev–Trinajstić information content (AvgIpc) is 3.14. The predicted molar refractivity (Wildman–Crippen MR) is 99.3 cm³/mol. The first-order valence-electron chi connectivity index (χ1n) is 8.44. The van der Waals surface area contributed by atoms with Gasteiger partial charge in [-0.2, -0.15) is 0 Å². The molecule has 3 aromatic rings. The Hall–Kier alpha value is -3.55. The molecule has 2 heterocycles. The Morgan fingerprint density at radius 1 is 1.11 bits per heavy atom. The number of urea groups is 1. The number of rotatable bonds is 4. The largest absolute Gasteiger partial charge is 0.417 e. The summed E-state index contributed by atoms with van der Waals surface area (Å²) in [6.45, 7) is 2.15. The summed E-state index contributed by atoms with van der Waals surface area (Å²) in [5.41, 5.74) is 2.51. The number of amides is 3. The van der Waals surface area contributed by atoms with E-state index in [9.17, 15) is 14.4 Å². The lowest BCUT2D eigenvalue weighted by Crippen LogP contribution is -2.40. The van der Waals surface area contributed by atoms with E-state index in [1.807, 2.05) is 24.3 Å². The fraction of sp³-hybridized carbons (Fsp3) is 0.211. The number of oxazole rings is 1. The molecule has 0 aliphatic carbocycles. The van der Waals surface area contributed by atoms with Crippen LogP contribution in [-0.2, 0) is 16.9 Å². The van der Waals surface area contributed by atoms with Crippen LogP contribution in [0, 0.1) is 0 Å². The fourth-order valence-electron chi connectivity index (χ4n) is 3.26. The number of nitrogens with one attached hydrogen (secondary N) is 3. The molecule has 138 valence electrons. The van der Waals surface area contributed by atoms with Crippen LogP contribution in [0.25, 0.3) is 11.1 Å². The summed E-state index contributed by atoms with van der Waals surface area (Å²) < 4.78 is 5.19. The highest BCUT2D eigenvalue weighted by Gasteiger charge is 2.47. The monoisotopic (exact) mass is 366 g/mol. The number of carbonyl (C=O) groups excluding carboxylic acids is 2. The summed E-state index contributed by atoms with van der Waals surface area (Å²) in [5.74, 6) is -0.773. The number of para-hydroxylation sites is 1. The van der Waals surface area contributed by atoms with Gasteiger partial charge in [-0.3, -0.25) is 14.7 Å². The number of aromatic nitrogens is 1. The molecule has 3 amide bonds. The van der Waals surface area contributed by atoms with Gasteiger partial charge >= 0.3 is 11.8 Å². The molecule has 0 bridgehead atoms. The number of likely N-dealkylation sites (N-methyl/N-ethyl adjacent to an activating group) is 1.